The number of hydrogen-bond acceptors (Lipinski definition) is 4. The molecular weight excluding hydrogens is 298 g/mol. The number of amides is 2. The Morgan fingerprint density at radius 2 is 1.87 bits per heavy atom. The highest BCUT2D eigenvalue weighted by Gasteiger charge is 2.30. The van der Waals surface area contributed by atoms with Crippen molar-refractivity contribution in [2.45, 2.75) is 31.8 Å². The Kier molecular flexibility index (Phi) is 5.44. The lowest BCUT2D eigenvalue weighted by molar-refractivity contribution is -0.155. The van der Waals surface area contributed by atoms with Crippen molar-refractivity contribution in [1.82, 2.24) is 5.32 Å². The van der Waals surface area contributed by atoms with Crippen LogP contribution in [0.2, 0.25) is 0 Å². The molecule has 1 heterocycles. The van der Waals surface area contributed by atoms with E-state index in [-0.39, 0.29) is 6.54 Å². The summed E-state index contributed by atoms with van der Waals surface area (Å²) in [6, 6.07) is 6.96. The number of para-hydroxylation sites is 2. The van der Waals surface area contributed by atoms with Crippen LogP contribution >= 0.6 is 0 Å². The summed E-state index contributed by atoms with van der Waals surface area (Å²) in [4.78, 5) is 25.0. The molecule has 0 spiro atoms. The average Bonchev–Trinajstić information content (AvgIpc) is 2.54. The lowest BCUT2D eigenvalue weighted by atomic mass is 10.1. The van der Waals surface area contributed by atoms with Crippen molar-refractivity contribution in [2.75, 3.05) is 29.9 Å². The van der Waals surface area contributed by atoms with E-state index in [0.717, 1.165) is 38.5 Å². The van der Waals surface area contributed by atoms with Gasteiger partial charge in [-0.15, -0.1) is 0 Å². The average molecular weight is 321 g/mol. The number of piperidine rings is 1. The Morgan fingerprint density at radius 3 is 2.52 bits per heavy atom. The molecule has 0 aromatic heterocycles. The molecule has 23 heavy (non-hydrogen) atoms. The number of hydrogen-bond donors (Lipinski definition) is 4. The minimum absolute atomic E-state index is 0.375. The second kappa shape index (κ2) is 7.32. The molecule has 1 saturated heterocycles. The molecule has 7 nitrogen and oxygen atoms in total. The number of aliphatic hydroxyl groups is 1. The molecule has 1 unspecified atom stereocenters. The van der Waals surface area contributed by atoms with Gasteiger partial charge in [-0.1, -0.05) is 12.1 Å². The van der Waals surface area contributed by atoms with Gasteiger partial charge in [0.05, 0.1) is 17.9 Å². The van der Waals surface area contributed by atoms with Crippen molar-refractivity contribution in [3.8, 4) is 0 Å². The van der Waals surface area contributed by atoms with Crippen molar-refractivity contribution in [3.63, 3.8) is 0 Å². The van der Waals surface area contributed by atoms with Gasteiger partial charge < -0.3 is 25.7 Å². The quantitative estimate of drug-likeness (QED) is 0.660. The SMILES string of the molecule is CC(O)(CNC(=O)Nc1ccccc1N1CCCCC1)C(=O)O. The topological polar surface area (TPSA) is 102 Å². The predicted octanol–water partition coefficient (Wildman–Crippen LogP) is 1.63. The van der Waals surface area contributed by atoms with Crippen molar-refractivity contribution < 1.29 is 19.8 Å². The summed E-state index contributed by atoms with van der Waals surface area (Å²) in [7, 11) is 0. The third kappa shape index (κ3) is 4.59. The first-order valence-corrected chi connectivity index (χ1v) is 7.75. The van der Waals surface area contributed by atoms with E-state index in [2.05, 4.69) is 15.5 Å². The summed E-state index contributed by atoms with van der Waals surface area (Å²) in [6.07, 6.45) is 3.47. The number of carbonyl (C=O) groups is 2. The molecule has 2 rings (SSSR count). The van der Waals surface area contributed by atoms with Gasteiger partial charge in [0, 0.05) is 13.1 Å². The van der Waals surface area contributed by atoms with Crippen LogP contribution in [0, 0.1) is 0 Å². The van der Waals surface area contributed by atoms with Crippen LogP contribution < -0.4 is 15.5 Å². The number of carbonyl (C=O) groups excluding carboxylic acids is 1. The first kappa shape index (κ1) is 17.1. The Hall–Kier alpha value is -2.28. The summed E-state index contributed by atoms with van der Waals surface area (Å²) >= 11 is 0. The molecule has 126 valence electrons. The van der Waals surface area contributed by atoms with Gasteiger partial charge in [0.25, 0.3) is 0 Å². The number of rotatable bonds is 5. The molecule has 1 fully saturated rings. The second-order valence-electron chi connectivity index (χ2n) is 5.95. The number of nitrogens with zero attached hydrogens (tertiary/aromatic N) is 1. The van der Waals surface area contributed by atoms with E-state index >= 15 is 0 Å². The van der Waals surface area contributed by atoms with Gasteiger partial charge in [-0.05, 0) is 38.3 Å². The molecule has 0 bridgehead atoms. The molecule has 1 atom stereocenters. The molecule has 1 aliphatic rings. The first-order valence-electron chi connectivity index (χ1n) is 7.75. The van der Waals surface area contributed by atoms with E-state index in [1.54, 1.807) is 6.07 Å². The highest BCUT2D eigenvalue weighted by Crippen LogP contribution is 2.28. The van der Waals surface area contributed by atoms with Crippen LogP contribution in [-0.4, -0.2) is 47.4 Å². The van der Waals surface area contributed by atoms with Gasteiger partial charge >= 0.3 is 12.0 Å². The van der Waals surface area contributed by atoms with Crippen molar-refractivity contribution in [1.29, 1.82) is 0 Å². The molecule has 1 aromatic carbocycles. The maximum atomic E-state index is 12.0. The Balaban J connectivity index is 1.99. The molecular formula is C16H23N3O4. The predicted molar refractivity (Wildman–Crippen MR) is 87.8 cm³/mol. The largest absolute Gasteiger partial charge is 0.479 e. The van der Waals surface area contributed by atoms with E-state index in [1.807, 2.05) is 18.2 Å². The van der Waals surface area contributed by atoms with Crippen molar-refractivity contribution in [3.05, 3.63) is 24.3 Å². The minimum atomic E-state index is -2.00. The maximum Gasteiger partial charge on any atom is 0.337 e. The monoisotopic (exact) mass is 321 g/mol. The third-order valence-corrected chi connectivity index (χ3v) is 3.90. The number of anilines is 2. The van der Waals surface area contributed by atoms with Gasteiger partial charge in [-0.3, -0.25) is 0 Å². The van der Waals surface area contributed by atoms with Crippen molar-refractivity contribution >= 4 is 23.4 Å². The van der Waals surface area contributed by atoms with Crippen LogP contribution in [0.5, 0.6) is 0 Å². The Bertz CT molecular complexity index is 568. The number of urea groups is 1. The second-order valence-corrected chi connectivity index (χ2v) is 5.95. The van der Waals surface area contributed by atoms with E-state index in [1.165, 1.54) is 6.42 Å². The van der Waals surface area contributed by atoms with Gasteiger partial charge in [0.1, 0.15) is 0 Å². The lowest BCUT2D eigenvalue weighted by Gasteiger charge is -2.30. The summed E-state index contributed by atoms with van der Waals surface area (Å²) in [5.41, 5.74) is -0.377. The standard InChI is InChI=1S/C16H23N3O4/c1-16(23,14(20)21)11-17-15(22)18-12-7-3-4-8-13(12)19-9-5-2-6-10-19/h3-4,7-8,23H,2,5-6,9-11H2,1H3,(H,20,21)(H2,17,18,22). The van der Waals surface area contributed by atoms with Gasteiger partial charge in [0.15, 0.2) is 5.60 Å². The van der Waals surface area contributed by atoms with Crippen LogP contribution in [-0.2, 0) is 4.79 Å². The Labute approximate surface area is 135 Å². The zero-order valence-corrected chi connectivity index (χ0v) is 13.2. The highest BCUT2D eigenvalue weighted by molar-refractivity contribution is 5.93. The number of nitrogens with one attached hydrogen (secondary N) is 2. The minimum Gasteiger partial charge on any atom is -0.479 e. The molecule has 7 heteroatoms. The van der Waals surface area contributed by atoms with E-state index in [9.17, 15) is 14.7 Å². The van der Waals surface area contributed by atoms with Crippen LogP contribution in [0.3, 0.4) is 0 Å². The number of carboxylic acids is 1. The molecule has 1 aliphatic heterocycles. The normalized spacial score (nSPS) is 17.2. The fourth-order valence-electron chi connectivity index (χ4n) is 2.48. The summed E-state index contributed by atoms with van der Waals surface area (Å²) in [5.74, 6) is -1.38. The van der Waals surface area contributed by atoms with Crippen LogP contribution in [0.1, 0.15) is 26.2 Å². The smallest absolute Gasteiger partial charge is 0.337 e. The van der Waals surface area contributed by atoms with E-state index in [4.69, 9.17) is 5.11 Å². The fraction of sp³-hybridized carbons (Fsp3) is 0.500. The zero-order valence-electron chi connectivity index (χ0n) is 13.2. The Morgan fingerprint density at radius 1 is 1.22 bits per heavy atom. The maximum absolute atomic E-state index is 12.0. The van der Waals surface area contributed by atoms with Gasteiger partial charge in [-0.2, -0.15) is 0 Å². The number of benzene rings is 1. The van der Waals surface area contributed by atoms with E-state index in [0.29, 0.717) is 5.69 Å². The molecule has 4 N–H and O–H groups in total. The first-order chi connectivity index (χ1) is 10.9. The van der Waals surface area contributed by atoms with E-state index < -0.39 is 17.6 Å². The summed E-state index contributed by atoms with van der Waals surface area (Å²) in [5, 5.41) is 23.6. The van der Waals surface area contributed by atoms with Gasteiger partial charge in [-0.25, -0.2) is 9.59 Å². The molecule has 1 aromatic rings. The fourth-order valence-corrected chi connectivity index (χ4v) is 2.48. The van der Waals surface area contributed by atoms with Crippen LogP contribution in [0.15, 0.2) is 24.3 Å². The number of carboxylic acid groups (broad SMARTS) is 1. The van der Waals surface area contributed by atoms with Crippen LogP contribution in [0.4, 0.5) is 16.2 Å². The molecule has 0 saturated carbocycles. The number of aliphatic carboxylic acids is 1. The van der Waals surface area contributed by atoms with Gasteiger partial charge in [0.2, 0.25) is 0 Å². The highest BCUT2D eigenvalue weighted by atomic mass is 16.4. The lowest BCUT2D eigenvalue weighted by Crippen LogP contribution is -2.47. The third-order valence-electron chi connectivity index (χ3n) is 3.90. The van der Waals surface area contributed by atoms with Crippen LogP contribution in [0.25, 0.3) is 0 Å². The molecule has 2 amide bonds. The zero-order chi connectivity index (χ0) is 16.9. The summed E-state index contributed by atoms with van der Waals surface area (Å²) in [6.45, 7) is 2.67. The molecule has 0 aliphatic carbocycles. The summed E-state index contributed by atoms with van der Waals surface area (Å²) < 4.78 is 0. The molecule has 0 radical (unpaired) electrons. The van der Waals surface area contributed by atoms with Crippen molar-refractivity contribution in [2.24, 2.45) is 0 Å².